The largest absolute Gasteiger partial charge is 0.453 e. The van der Waals surface area contributed by atoms with E-state index >= 15 is 0 Å². The molecule has 0 aromatic heterocycles. The Balaban J connectivity index is 2.92. The number of ether oxygens (including phenoxy) is 1. The first-order valence-electron chi connectivity index (χ1n) is 6.11. The fourth-order valence-electron chi connectivity index (χ4n) is 1.66. The molecule has 0 unspecified atom stereocenters. The molecule has 3 heteroatoms. The maximum atomic E-state index is 11.6. The second-order valence-electron chi connectivity index (χ2n) is 4.47. The molecule has 0 saturated carbocycles. The van der Waals surface area contributed by atoms with Gasteiger partial charge in [-0.1, -0.05) is 36.4 Å². The van der Waals surface area contributed by atoms with Crippen LogP contribution in [0.15, 0.2) is 42.5 Å². The molecule has 0 bridgehead atoms. The highest BCUT2D eigenvalue weighted by Crippen LogP contribution is 2.24. The predicted molar refractivity (Wildman–Crippen MR) is 73.2 cm³/mol. The van der Waals surface area contributed by atoms with E-state index in [1.165, 1.54) is 6.08 Å². The van der Waals surface area contributed by atoms with Crippen molar-refractivity contribution in [3.8, 4) is 0 Å². The summed E-state index contributed by atoms with van der Waals surface area (Å²) < 4.78 is 5.53. The maximum absolute atomic E-state index is 11.6. The highest BCUT2D eigenvalue weighted by atomic mass is 16.5. The number of carbonyl (C=O) groups excluding carboxylic acids is 1. The Hall–Kier alpha value is -1.61. The summed E-state index contributed by atoms with van der Waals surface area (Å²) in [6.45, 7) is 3.84. The number of carbonyl (C=O) groups is 1. The number of benzene rings is 1. The summed E-state index contributed by atoms with van der Waals surface area (Å²) in [4.78, 5) is 13.7. The van der Waals surface area contributed by atoms with Crippen molar-refractivity contribution in [2.24, 2.45) is 0 Å². The van der Waals surface area contributed by atoms with Crippen LogP contribution in [-0.4, -0.2) is 31.0 Å². The molecule has 0 heterocycles. The van der Waals surface area contributed by atoms with Crippen molar-refractivity contribution in [1.29, 1.82) is 0 Å². The molecule has 0 aliphatic heterocycles. The Morgan fingerprint density at radius 2 is 1.89 bits per heavy atom. The fourth-order valence-corrected chi connectivity index (χ4v) is 1.66. The molecule has 0 N–H and O–H groups in total. The zero-order valence-corrected chi connectivity index (χ0v) is 11.5. The molecular formula is C15H21NO2. The Morgan fingerprint density at radius 1 is 1.28 bits per heavy atom. The van der Waals surface area contributed by atoms with Gasteiger partial charge in [0.2, 0.25) is 0 Å². The van der Waals surface area contributed by atoms with Crippen molar-refractivity contribution < 1.29 is 9.53 Å². The Morgan fingerprint density at radius 3 is 2.39 bits per heavy atom. The topological polar surface area (TPSA) is 29.5 Å². The second-order valence-corrected chi connectivity index (χ2v) is 4.47. The van der Waals surface area contributed by atoms with Gasteiger partial charge < -0.3 is 9.64 Å². The van der Waals surface area contributed by atoms with E-state index in [2.05, 4.69) is 0 Å². The molecule has 98 valence electrons. The number of allylic oxidation sites excluding steroid dienone is 1. The summed E-state index contributed by atoms with van der Waals surface area (Å²) in [7, 11) is 3.95. The van der Waals surface area contributed by atoms with Crippen LogP contribution in [0.2, 0.25) is 0 Å². The van der Waals surface area contributed by atoms with Crippen LogP contribution in [0.5, 0.6) is 0 Å². The van der Waals surface area contributed by atoms with Gasteiger partial charge in [-0.15, -0.1) is 0 Å². The molecule has 18 heavy (non-hydrogen) atoms. The molecule has 1 aromatic rings. The van der Waals surface area contributed by atoms with Crippen molar-refractivity contribution >= 4 is 5.97 Å². The first kappa shape index (κ1) is 14.5. The van der Waals surface area contributed by atoms with Crippen molar-refractivity contribution in [2.45, 2.75) is 26.0 Å². The van der Waals surface area contributed by atoms with E-state index in [1.807, 2.05) is 56.3 Å². The summed E-state index contributed by atoms with van der Waals surface area (Å²) in [5, 5.41) is 0. The third-order valence-electron chi connectivity index (χ3n) is 2.93. The molecule has 0 saturated heterocycles. The van der Waals surface area contributed by atoms with Gasteiger partial charge in [-0.25, -0.2) is 4.79 Å². The van der Waals surface area contributed by atoms with Crippen LogP contribution in [0, 0.1) is 0 Å². The molecule has 0 fully saturated rings. The summed E-state index contributed by atoms with van der Waals surface area (Å²) in [5.41, 5.74) is 1.01. The minimum atomic E-state index is -0.306. The van der Waals surface area contributed by atoms with Gasteiger partial charge in [0.25, 0.3) is 0 Å². The minimum absolute atomic E-state index is 0.113. The second kappa shape index (κ2) is 6.97. The SMILES string of the molecule is C/C=C/C(=O)O[C@@H](c1ccccc1)[C@@H](C)N(C)C. The molecule has 2 atom stereocenters. The lowest BCUT2D eigenvalue weighted by atomic mass is 10.0. The molecule has 0 spiro atoms. The Labute approximate surface area is 109 Å². The van der Waals surface area contributed by atoms with Gasteiger partial charge in [-0.05, 0) is 33.5 Å². The van der Waals surface area contributed by atoms with E-state index in [1.54, 1.807) is 13.0 Å². The minimum Gasteiger partial charge on any atom is -0.453 e. The van der Waals surface area contributed by atoms with E-state index < -0.39 is 0 Å². The molecule has 0 radical (unpaired) electrons. The average molecular weight is 247 g/mol. The van der Waals surface area contributed by atoms with Crippen LogP contribution in [0.25, 0.3) is 0 Å². The molecular weight excluding hydrogens is 226 g/mol. The third kappa shape index (κ3) is 4.00. The predicted octanol–water partition coefficient (Wildman–Crippen LogP) is 2.80. The van der Waals surface area contributed by atoms with Gasteiger partial charge in [0, 0.05) is 12.1 Å². The Bertz CT molecular complexity index is 398. The first-order chi connectivity index (χ1) is 8.56. The number of likely N-dealkylation sites (N-methyl/N-ethyl adjacent to an activating group) is 1. The number of esters is 1. The molecule has 0 aliphatic carbocycles. The van der Waals surface area contributed by atoms with E-state index in [0.717, 1.165) is 5.56 Å². The lowest BCUT2D eigenvalue weighted by Gasteiger charge is -2.29. The number of nitrogens with zero attached hydrogens (tertiary/aromatic N) is 1. The van der Waals surface area contributed by atoms with Gasteiger partial charge in [0.1, 0.15) is 6.10 Å². The fraction of sp³-hybridized carbons (Fsp3) is 0.400. The van der Waals surface area contributed by atoms with Crippen molar-refractivity contribution in [1.82, 2.24) is 4.90 Å². The van der Waals surface area contributed by atoms with E-state index in [0.29, 0.717) is 0 Å². The van der Waals surface area contributed by atoms with Crippen LogP contribution >= 0.6 is 0 Å². The normalized spacial score (nSPS) is 14.7. The van der Waals surface area contributed by atoms with Crippen molar-refractivity contribution in [2.75, 3.05) is 14.1 Å². The number of hydrogen-bond donors (Lipinski definition) is 0. The van der Waals surface area contributed by atoms with E-state index in [-0.39, 0.29) is 18.1 Å². The molecule has 1 aromatic carbocycles. The van der Waals surface area contributed by atoms with Crippen LogP contribution in [0.4, 0.5) is 0 Å². The highest BCUT2D eigenvalue weighted by Gasteiger charge is 2.24. The summed E-state index contributed by atoms with van der Waals surface area (Å²) in [5.74, 6) is -0.306. The summed E-state index contributed by atoms with van der Waals surface area (Å²) in [6, 6.07) is 9.93. The average Bonchev–Trinajstić information content (AvgIpc) is 2.36. The first-order valence-corrected chi connectivity index (χ1v) is 6.11. The molecule has 1 rings (SSSR count). The van der Waals surface area contributed by atoms with Crippen molar-refractivity contribution in [3.05, 3.63) is 48.0 Å². The van der Waals surface area contributed by atoms with Gasteiger partial charge >= 0.3 is 5.97 Å². The van der Waals surface area contributed by atoms with Crippen molar-refractivity contribution in [3.63, 3.8) is 0 Å². The third-order valence-corrected chi connectivity index (χ3v) is 2.93. The highest BCUT2D eigenvalue weighted by molar-refractivity contribution is 5.82. The molecule has 0 aliphatic rings. The summed E-state index contributed by atoms with van der Waals surface area (Å²) >= 11 is 0. The quantitative estimate of drug-likeness (QED) is 0.592. The summed E-state index contributed by atoms with van der Waals surface area (Å²) in [6.07, 6.45) is 2.87. The lowest BCUT2D eigenvalue weighted by molar-refractivity contribution is -0.146. The molecule has 3 nitrogen and oxygen atoms in total. The smallest absolute Gasteiger partial charge is 0.331 e. The van der Waals surface area contributed by atoms with Gasteiger partial charge in [-0.3, -0.25) is 0 Å². The van der Waals surface area contributed by atoms with Crippen LogP contribution in [0.1, 0.15) is 25.5 Å². The Kier molecular flexibility index (Phi) is 5.59. The van der Waals surface area contributed by atoms with Crippen LogP contribution in [0.3, 0.4) is 0 Å². The molecule has 0 amide bonds. The van der Waals surface area contributed by atoms with Crippen LogP contribution in [-0.2, 0) is 9.53 Å². The van der Waals surface area contributed by atoms with Gasteiger partial charge in [0.05, 0.1) is 0 Å². The van der Waals surface area contributed by atoms with Crippen LogP contribution < -0.4 is 0 Å². The van der Waals surface area contributed by atoms with E-state index in [4.69, 9.17) is 4.74 Å². The number of rotatable bonds is 5. The zero-order chi connectivity index (χ0) is 13.5. The maximum Gasteiger partial charge on any atom is 0.331 e. The van der Waals surface area contributed by atoms with Gasteiger partial charge in [0.15, 0.2) is 0 Å². The monoisotopic (exact) mass is 247 g/mol. The van der Waals surface area contributed by atoms with Gasteiger partial charge in [-0.2, -0.15) is 0 Å². The zero-order valence-electron chi connectivity index (χ0n) is 11.5. The standard InChI is InChI=1S/C15H21NO2/c1-5-9-14(17)18-15(12(2)16(3)4)13-10-7-6-8-11-13/h5-12,15H,1-4H3/b9-5+/t12-,15-/m1/s1. The van der Waals surface area contributed by atoms with E-state index in [9.17, 15) is 4.79 Å². The lowest BCUT2D eigenvalue weighted by Crippen LogP contribution is -2.33. The number of hydrogen-bond acceptors (Lipinski definition) is 3.